The van der Waals surface area contributed by atoms with Gasteiger partial charge in [-0.3, -0.25) is 9.69 Å². The molecule has 0 bridgehead atoms. The summed E-state index contributed by atoms with van der Waals surface area (Å²) >= 11 is 0. The molecule has 2 aromatic rings. The minimum Gasteiger partial charge on any atom is -0.508 e. The van der Waals surface area contributed by atoms with Crippen molar-refractivity contribution >= 4 is 16.7 Å². The molecule has 1 saturated heterocycles. The van der Waals surface area contributed by atoms with Crippen LogP contribution in [0, 0.1) is 0 Å². The number of rotatable bonds is 3. The number of hydrogen-bond acceptors (Lipinski definition) is 3. The first-order chi connectivity index (χ1) is 9.66. The number of carbonyl (C=O) groups is 1. The van der Waals surface area contributed by atoms with Crippen molar-refractivity contribution in [2.75, 3.05) is 6.54 Å². The molecule has 1 aliphatic heterocycles. The molecule has 20 heavy (non-hydrogen) atoms. The van der Waals surface area contributed by atoms with Gasteiger partial charge in [-0.15, -0.1) is 0 Å². The molecule has 104 valence electrons. The average molecular weight is 271 g/mol. The van der Waals surface area contributed by atoms with Gasteiger partial charge in [0.05, 0.1) is 0 Å². The molecule has 1 heterocycles. The van der Waals surface area contributed by atoms with Crippen LogP contribution in [0.1, 0.15) is 18.4 Å². The lowest BCUT2D eigenvalue weighted by Gasteiger charge is -2.22. The predicted molar refractivity (Wildman–Crippen MR) is 76.7 cm³/mol. The van der Waals surface area contributed by atoms with E-state index in [-0.39, 0.29) is 5.75 Å². The van der Waals surface area contributed by atoms with Gasteiger partial charge < -0.3 is 10.2 Å². The Kier molecular flexibility index (Phi) is 3.32. The molecule has 3 rings (SSSR count). The van der Waals surface area contributed by atoms with E-state index in [1.807, 2.05) is 35.2 Å². The second kappa shape index (κ2) is 5.13. The Morgan fingerprint density at radius 1 is 1.25 bits per heavy atom. The van der Waals surface area contributed by atoms with E-state index < -0.39 is 12.0 Å². The molecule has 0 aliphatic carbocycles. The maximum atomic E-state index is 11.2. The highest BCUT2D eigenvalue weighted by Gasteiger charge is 2.31. The van der Waals surface area contributed by atoms with Crippen molar-refractivity contribution in [3.8, 4) is 5.75 Å². The van der Waals surface area contributed by atoms with Crippen LogP contribution in [-0.4, -0.2) is 33.7 Å². The first kappa shape index (κ1) is 12.9. The van der Waals surface area contributed by atoms with Crippen LogP contribution in [0.15, 0.2) is 36.4 Å². The van der Waals surface area contributed by atoms with Gasteiger partial charge in [-0.25, -0.2) is 0 Å². The number of carboxylic acids is 1. The zero-order chi connectivity index (χ0) is 14.1. The summed E-state index contributed by atoms with van der Waals surface area (Å²) in [5.74, 6) is -0.540. The summed E-state index contributed by atoms with van der Waals surface area (Å²) in [5.41, 5.74) is 0.816. The quantitative estimate of drug-likeness (QED) is 0.900. The van der Waals surface area contributed by atoms with Crippen LogP contribution in [0.25, 0.3) is 10.8 Å². The third kappa shape index (κ3) is 2.23. The third-order valence-corrected chi connectivity index (χ3v) is 4.03. The normalized spacial score (nSPS) is 19.5. The molecule has 1 fully saturated rings. The topological polar surface area (TPSA) is 60.8 Å². The maximum absolute atomic E-state index is 11.2. The SMILES string of the molecule is O=C(O)C1CCCN1Cc1c(O)ccc2ccccc12. The summed E-state index contributed by atoms with van der Waals surface area (Å²) < 4.78 is 0. The minimum absolute atomic E-state index is 0.236. The Hall–Kier alpha value is -2.07. The lowest BCUT2D eigenvalue weighted by atomic mass is 10.0. The predicted octanol–water partition coefficient (Wildman–Crippen LogP) is 2.59. The molecule has 4 heteroatoms. The van der Waals surface area contributed by atoms with Crippen molar-refractivity contribution in [2.45, 2.75) is 25.4 Å². The highest BCUT2D eigenvalue weighted by molar-refractivity contribution is 5.87. The second-order valence-electron chi connectivity index (χ2n) is 5.25. The average Bonchev–Trinajstić information content (AvgIpc) is 2.90. The van der Waals surface area contributed by atoms with Gasteiger partial charge in [0, 0.05) is 12.1 Å². The van der Waals surface area contributed by atoms with E-state index in [0.717, 1.165) is 29.3 Å². The van der Waals surface area contributed by atoms with E-state index in [0.29, 0.717) is 13.0 Å². The van der Waals surface area contributed by atoms with Gasteiger partial charge in [0.15, 0.2) is 0 Å². The van der Waals surface area contributed by atoms with E-state index in [2.05, 4.69) is 0 Å². The molecular formula is C16H17NO3. The maximum Gasteiger partial charge on any atom is 0.320 e. The monoisotopic (exact) mass is 271 g/mol. The van der Waals surface area contributed by atoms with Gasteiger partial charge in [0.2, 0.25) is 0 Å². The van der Waals surface area contributed by atoms with Crippen molar-refractivity contribution in [1.82, 2.24) is 4.90 Å². The number of aromatic hydroxyl groups is 1. The molecule has 4 nitrogen and oxygen atoms in total. The first-order valence-corrected chi connectivity index (χ1v) is 6.83. The highest BCUT2D eigenvalue weighted by Crippen LogP contribution is 2.30. The number of fused-ring (bicyclic) bond motifs is 1. The van der Waals surface area contributed by atoms with Crippen LogP contribution in [-0.2, 0) is 11.3 Å². The van der Waals surface area contributed by atoms with Crippen LogP contribution >= 0.6 is 0 Å². The molecule has 1 aliphatic rings. The lowest BCUT2D eigenvalue weighted by Crippen LogP contribution is -2.35. The number of carboxylic acid groups (broad SMARTS) is 1. The van der Waals surface area contributed by atoms with Gasteiger partial charge >= 0.3 is 5.97 Å². The molecule has 2 N–H and O–H groups in total. The van der Waals surface area contributed by atoms with Gasteiger partial charge in [-0.2, -0.15) is 0 Å². The lowest BCUT2D eigenvalue weighted by molar-refractivity contribution is -0.142. The number of phenolic OH excluding ortho intramolecular Hbond substituents is 1. The number of benzene rings is 2. The first-order valence-electron chi connectivity index (χ1n) is 6.83. The van der Waals surface area contributed by atoms with E-state index in [4.69, 9.17) is 0 Å². The molecule has 0 radical (unpaired) electrons. The summed E-state index contributed by atoms with van der Waals surface area (Å²) in [6.07, 6.45) is 1.57. The van der Waals surface area contributed by atoms with Crippen molar-refractivity contribution in [2.24, 2.45) is 0 Å². The Labute approximate surface area is 117 Å². The summed E-state index contributed by atoms with van der Waals surface area (Å²) in [7, 11) is 0. The van der Waals surface area contributed by atoms with Crippen LogP contribution in [0.5, 0.6) is 5.75 Å². The number of aliphatic carboxylic acids is 1. The van der Waals surface area contributed by atoms with E-state index in [1.165, 1.54) is 0 Å². The fraction of sp³-hybridized carbons (Fsp3) is 0.312. The zero-order valence-corrected chi connectivity index (χ0v) is 11.1. The van der Waals surface area contributed by atoms with Gasteiger partial charge in [0.1, 0.15) is 11.8 Å². The van der Waals surface area contributed by atoms with Crippen LogP contribution in [0.4, 0.5) is 0 Å². The molecule has 0 aromatic heterocycles. The molecule has 1 atom stereocenters. The molecule has 0 saturated carbocycles. The summed E-state index contributed by atoms with van der Waals surface area (Å²) in [6, 6.07) is 11.0. The van der Waals surface area contributed by atoms with Gasteiger partial charge in [-0.05, 0) is 36.2 Å². The number of nitrogens with zero attached hydrogens (tertiary/aromatic N) is 1. The molecular weight excluding hydrogens is 254 g/mol. The fourth-order valence-electron chi connectivity index (χ4n) is 2.99. The molecule has 2 aromatic carbocycles. The summed E-state index contributed by atoms with van der Waals surface area (Å²) in [5, 5.41) is 21.4. The minimum atomic E-state index is -0.776. The van der Waals surface area contributed by atoms with E-state index >= 15 is 0 Å². The smallest absolute Gasteiger partial charge is 0.320 e. The standard InChI is InChI=1S/C16H17NO3/c18-15-8-7-11-4-1-2-5-12(11)13(15)10-17-9-3-6-14(17)16(19)20/h1-2,4-5,7-8,14,18H,3,6,9-10H2,(H,19,20). The van der Waals surface area contributed by atoms with Gasteiger partial charge in [0.25, 0.3) is 0 Å². The largest absolute Gasteiger partial charge is 0.508 e. The summed E-state index contributed by atoms with van der Waals surface area (Å²) in [4.78, 5) is 13.2. The second-order valence-corrected chi connectivity index (χ2v) is 5.25. The highest BCUT2D eigenvalue weighted by atomic mass is 16.4. The van der Waals surface area contributed by atoms with Crippen LogP contribution in [0.2, 0.25) is 0 Å². The van der Waals surface area contributed by atoms with Crippen LogP contribution in [0.3, 0.4) is 0 Å². The van der Waals surface area contributed by atoms with Crippen molar-refractivity contribution < 1.29 is 15.0 Å². The van der Waals surface area contributed by atoms with E-state index in [9.17, 15) is 15.0 Å². The number of phenols is 1. The fourth-order valence-corrected chi connectivity index (χ4v) is 2.99. The summed E-state index contributed by atoms with van der Waals surface area (Å²) in [6.45, 7) is 1.24. The third-order valence-electron chi connectivity index (χ3n) is 4.03. The Bertz CT molecular complexity index is 653. The zero-order valence-electron chi connectivity index (χ0n) is 11.1. The van der Waals surface area contributed by atoms with Crippen molar-refractivity contribution in [1.29, 1.82) is 0 Å². The number of hydrogen-bond donors (Lipinski definition) is 2. The van der Waals surface area contributed by atoms with Gasteiger partial charge in [-0.1, -0.05) is 30.3 Å². The number of likely N-dealkylation sites (tertiary alicyclic amines) is 1. The van der Waals surface area contributed by atoms with Crippen LogP contribution < -0.4 is 0 Å². The Morgan fingerprint density at radius 3 is 2.85 bits per heavy atom. The Balaban J connectivity index is 1.98. The molecule has 1 unspecified atom stereocenters. The molecule has 0 spiro atoms. The van der Waals surface area contributed by atoms with E-state index in [1.54, 1.807) is 6.07 Å². The van der Waals surface area contributed by atoms with Crippen molar-refractivity contribution in [3.05, 3.63) is 42.0 Å². The van der Waals surface area contributed by atoms with Crippen molar-refractivity contribution in [3.63, 3.8) is 0 Å². The molecule has 0 amide bonds. The Morgan fingerprint density at radius 2 is 2.05 bits per heavy atom.